The monoisotopic (exact) mass is 468 g/mol. The van der Waals surface area contributed by atoms with E-state index in [9.17, 15) is 9.59 Å². The van der Waals surface area contributed by atoms with Crippen molar-refractivity contribution in [2.24, 2.45) is 52.3 Å². The number of rotatable bonds is 6. The van der Waals surface area contributed by atoms with Crippen LogP contribution in [0.2, 0.25) is 0 Å². The Morgan fingerprint density at radius 1 is 1.03 bits per heavy atom. The van der Waals surface area contributed by atoms with Crippen LogP contribution in [0.5, 0.6) is 0 Å². The minimum Gasteiger partial charge on any atom is -0.463 e. The molecule has 4 aliphatic carbocycles. The predicted octanol–water partition coefficient (Wildman–Crippen LogP) is 7.55. The van der Waals surface area contributed by atoms with Crippen LogP contribution in [0.4, 0.5) is 0 Å². The van der Waals surface area contributed by atoms with Crippen LogP contribution in [0.1, 0.15) is 99.8 Å². The average molecular weight is 469 g/mol. The quantitative estimate of drug-likeness (QED) is 0.298. The zero-order chi connectivity index (χ0) is 24.8. The molecule has 3 saturated carbocycles. The second-order valence-corrected chi connectivity index (χ2v) is 13.0. The highest BCUT2D eigenvalue weighted by Gasteiger charge is 2.59. The van der Waals surface area contributed by atoms with E-state index in [1.165, 1.54) is 44.6 Å². The molecule has 4 aliphatic rings. The van der Waals surface area contributed by atoms with E-state index in [-0.39, 0.29) is 23.4 Å². The average Bonchev–Trinajstić information content (AvgIpc) is 3.12. The van der Waals surface area contributed by atoms with Gasteiger partial charge in [-0.15, -0.1) is 0 Å². The van der Waals surface area contributed by atoms with Crippen molar-refractivity contribution in [1.82, 2.24) is 0 Å². The molecule has 0 bridgehead atoms. The summed E-state index contributed by atoms with van der Waals surface area (Å²) in [7, 11) is 0. The summed E-state index contributed by atoms with van der Waals surface area (Å²) in [5.41, 5.74) is 1.80. The Hall–Kier alpha value is -1.38. The van der Waals surface area contributed by atoms with Crippen LogP contribution in [0.15, 0.2) is 23.8 Å². The lowest BCUT2D eigenvalue weighted by Crippen LogP contribution is -2.52. The molecule has 0 aromatic heterocycles. The van der Waals surface area contributed by atoms with Crippen LogP contribution in [-0.4, -0.2) is 17.9 Å². The van der Waals surface area contributed by atoms with Gasteiger partial charge in [0.05, 0.1) is 0 Å². The van der Waals surface area contributed by atoms with Crippen LogP contribution in [0.3, 0.4) is 0 Å². The fraction of sp³-hybridized carbons (Fsp3) is 0.806. The first kappa shape index (κ1) is 25.7. The van der Waals surface area contributed by atoms with Gasteiger partial charge in [-0.25, -0.2) is 0 Å². The predicted molar refractivity (Wildman–Crippen MR) is 138 cm³/mol. The van der Waals surface area contributed by atoms with Crippen molar-refractivity contribution in [2.45, 2.75) is 106 Å². The van der Waals surface area contributed by atoms with Crippen molar-refractivity contribution in [2.75, 3.05) is 0 Å². The van der Waals surface area contributed by atoms with Gasteiger partial charge in [0, 0.05) is 12.8 Å². The Morgan fingerprint density at radius 3 is 2.35 bits per heavy atom. The maximum absolute atomic E-state index is 13.5. The summed E-state index contributed by atoms with van der Waals surface area (Å²) in [5.74, 6) is 3.79. The fourth-order valence-electron chi connectivity index (χ4n) is 8.85. The van der Waals surface area contributed by atoms with Gasteiger partial charge in [0.1, 0.15) is 6.10 Å². The van der Waals surface area contributed by atoms with E-state index in [1.54, 1.807) is 0 Å². The Morgan fingerprint density at radius 2 is 1.71 bits per heavy atom. The van der Waals surface area contributed by atoms with Crippen LogP contribution in [0, 0.1) is 52.3 Å². The topological polar surface area (TPSA) is 43.4 Å². The number of ether oxygens (including phenoxy) is 1. The van der Waals surface area contributed by atoms with E-state index in [1.807, 2.05) is 0 Å². The van der Waals surface area contributed by atoms with Gasteiger partial charge in [-0.3, -0.25) is 9.59 Å². The van der Waals surface area contributed by atoms with Gasteiger partial charge < -0.3 is 4.74 Å². The summed E-state index contributed by atoms with van der Waals surface area (Å²) < 4.78 is 5.54. The van der Waals surface area contributed by atoms with Crippen LogP contribution in [0.25, 0.3) is 0 Å². The molecule has 0 radical (unpaired) electrons. The fourth-order valence-corrected chi connectivity index (χ4v) is 8.85. The zero-order valence-electron chi connectivity index (χ0n) is 22.7. The number of hydrogen-bond acceptors (Lipinski definition) is 3. The molecular weight excluding hydrogens is 420 g/mol. The Labute approximate surface area is 208 Å². The summed E-state index contributed by atoms with van der Waals surface area (Å²) in [6.45, 7) is 15.8. The Kier molecular flexibility index (Phi) is 7.25. The standard InChI is InChI=1S/C31H48O3/c1-8-22(19(2)3)10-9-20(4)25-11-12-26-24-18-29(33)28-17-23(34-21(5)32)13-15-31(28,7)27(24)14-16-30(25,26)6/h9-10,18-20,22-23,25-28H,8,11-17H2,1-7H3/b10-9+/t20-,22-,23+,25-,26+,27+,28-,30-,31-/m1/s1. The third-order valence-corrected chi connectivity index (χ3v) is 10.9. The summed E-state index contributed by atoms with van der Waals surface area (Å²) >= 11 is 0. The van der Waals surface area contributed by atoms with Crippen LogP contribution < -0.4 is 0 Å². The summed E-state index contributed by atoms with van der Waals surface area (Å²) in [6, 6.07) is 0. The first-order valence-corrected chi connectivity index (χ1v) is 14.1. The molecule has 0 N–H and O–H groups in total. The van der Waals surface area contributed by atoms with Crippen LogP contribution in [-0.2, 0) is 14.3 Å². The third-order valence-electron chi connectivity index (χ3n) is 10.9. The van der Waals surface area contributed by atoms with Crippen LogP contribution >= 0.6 is 0 Å². The Bertz CT molecular complexity index is 853. The van der Waals surface area contributed by atoms with Crippen molar-refractivity contribution < 1.29 is 14.3 Å². The van der Waals surface area contributed by atoms with Crippen molar-refractivity contribution in [3.8, 4) is 0 Å². The molecule has 4 rings (SSSR count). The van der Waals surface area contributed by atoms with Gasteiger partial charge in [0.25, 0.3) is 0 Å². The number of carbonyl (C=O) groups excluding carboxylic acids is 2. The lowest BCUT2D eigenvalue weighted by Gasteiger charge is -2.57. The van der Waals surface area contributed by atoms with Crippen molar-refractivity contribution in [3.05, 3.63) is 23.8 Å². The smallest absolute Gasteiger partial charge is 0.302 e. The molecule has 0 saturated heterocycles. The molecule has 3 heteroatoms. The van der Waals surface area contributed by atoms with E-state index in [4.69, 9.17) is 4.74 Å². The second kappa shape index (κ2) is 9.58. The zero-order valence-corrected chi connectivity index (χ0v) is 22.7. The first-order valence-electron chi connectivity index (χ1n) is 14.1. The molecule has 3 nitrogen and oxygen atoms in total. The number of hydrogen-bond donors (Lipinski definition) is 0. The van der Waals surface area contributed by atoms with Crippen molar-refractivity contribution >= 4 is 11.8 Å². The van der Waals surface area contributed by atoms with E-state index in [0.29, 0.717) is 53.1 Å². The molecule has 0 aromatic rings. The summed E-state index contributed by atoms with van der Waals surface area (Å²) in [6.07, 6.45) is 15.8. The Balaban J connectivity index is 1.55. The lowest BCUT2D eigenvalue weighted by atomic mass is 9.47. The number of allylic oxidation sites excluding steroid dienone is 4. The minimum absolute atomic E-state index is 0.00442. The largest absolute Gasteiger partial charge is 0.463 e. The molecule has 0 aromatic carbocycles. The third kappa shape index (κ3) is 4.35. The molecule has 3 fully saturated rings. The summed E-state index contributed by atoms with van der Waals surface area (Å²) in [4.78, 5) is 25.0. The molecular formula is C31H48O3. The highest BCUT2D eigenvalue weighted by molar-refractivity contribution is 5.94. The molecule has 0 aliphatic heterocycles. The molecule has 9 atom stereocenters. The molecule has 34 heavy (non-hydrogen) atoms. The second-order valence-electron chi connectivity index (χ2n) is 13.0. The molecule has 0 unspecified atom stereocenters. The van der Waals surface area contributed by atoms with Gasteiger partial charge in [0.2, 0.25) is 0 Å². The van der Waals surface area contributed by atoms with E-state index >= 15 is 0 Å². The van der Waals surface area contributed by atoms with Gasteiger partial charge in [-0.05, 0) is 104 Å². The van der Waals surface area contributed by atoms with Gasteiger partial charge >= 0.3 is 5.97 Å². The van der Waals surface area contributed by atoms with Gasteiger partial charge in [-0.1, -0.05) is 59.3 Å². The van der Waals surface area contributed by atoms with E-state index in [0.717, 1.165) is 12.8 Å². The van der Waals surface area contributed by atoms with E-state index in [2.05, 4.69) is 59.8 Å². The normalized spacial score (nSPS) is 41.5. The molecule has 0 spiro atoms. The van der Waals surface area contributed by atoms with E-state index < -0.39 is 0 Å². The molecule has 190 valence electrons. The SMILES string of the molecule is CC[C@H](/C=C/[C@@H](C)[C@H]1CC[C@H]2C3=CC(=O)[C@H]4C[C@@H](OC(C)=O)CC[C@]4(C)[C@H]3CC[C@]12C)C(C)C. The highest BCUT2D eigenvalue weighted by atomic mass is 16.5. The van der Waals surface area contributed by atoms with Crippen molar-refractivity contribution in [1.29, 1.82) is 0 Å². The van der Waals surface area contributed by atoms with Gasteiger partial charge in [-0.2, -0.15) is 0 Å². The number of esters is 1. The molecule has 0 amide bonds. The number of ketones is 1. The number of carbonyl (C=O) groups is 2. The maximum Gasteiger partial charge on any atom is 0.302 e. The lowest BCUT2D eigenvalue weighted by molar-refractivity contribution is -0.155. The highest BCUT2D eigenvalue weighted by Crippen LogP contribution is 2.66. The summed E-state index contributed by atoms with van der Waals surface area (Å²) in [5, 5.41) is 0. The first-order chi connectivity index (χ1) is 16.0. The number of fused-ring (bicyclic) bond motifs is 5. The van der Waals surface area contributed by atoms with Gasteiger partial charge in [0.15, 0.2) is 5.78 Å². The maximum atomic E-state index is 13.5. The molecule has 0 heterocycles. The van der Waals surface area contributed by atoms with Crippen molar-refractivity contribution in [3.63, 3.8) is 0 Å². The minimum atomic E-state index is -0.222.